The lowest BCUT2D eigenvalue weighted by Gasteiger charge is -2.02. The molecule has 0 fully saturated rings. The van der Waals surface area contributed by atoms with E-state index in [1.165, 1.54) is 29.4 Å². The van der Waals surface area contributed by atoms with E-state index < -0.39 is 11.5 Å². The highest BCUT2D eigenvalue weighted by Gasteiger charge is 2.15. The van der Waals surface area contributed by atoms with Crippen molar-refractivity contribution in [2.45, 2.75) is 0 Å². The largest absolute Gasteiger partial charge is 0.422 e. The van der Waals surface area contributed by atoms with Crippen molar-refractivity contribution >= 4 is 32.8 Å². The van der Waals surface area contributed by atoms with Gasteiger partial charge in [0, 0.05) is 22.3 Å². The van der Waals surface area contributed by atoms with E-state index in [9.17, 15) is 9.59 Å². The molecule has 2 aromatic heterocycles. The second-order valence-corrected chi connectivity index (χ2v) is 4.82. The standard InChI is InChI=1S/C13H7BrN2O3/c14-9-1-2-11-8(5-9)6-10(13(18)19-11)12(17)16-4-3-15-7-16/h1-7H. The van der Waals surface area contributed by atoms with Crippen LogP contribution in [0.3, 0.4) is 0 Å². The van der Waals surface area contributed by atoms with Gasteiger partial charge in [-0.15, -0.1) is 0 Å². The van der Waals surface area contributed by atoms with Crippen molar-refractivity contribution in [2.24, 2.45) is 0 Å². The second-order valence-electron chi connectivity index (χ2n) is 3.90. The normalized spacial score (nSPS) is 10.8. The van der Waals surface area contributed by atoms with Gasteiger partial charge in [0.2, 0.25) is 0 Å². The third-order valence-electron chi connectivity index (χ3n) is 2.66. The van der Waals surface area contributed by atoms with Gasteiger partial charge in [0.1, 0.15) is 17.5 Å². The molecule has 0 radical (unpaired) electrons. The Balaban J connectivity index is 2.21. The number of hydrogen-bond donors (Lipinski definition) is 0. The molecule has 0 amide bonds. The Morgan fingerprint density at radius 2 is 2.16 bits per heavy atom. The van der Waals surface area contributed by atoms with Crippen LogP contribution in [0.25, 0.3) is 11.0 Å². The van der Waals surface area contributed by atoms with E-state index in [4.69, 9.17) is 4.42 Å². The van der Waals surface area contributed by atoms with Crippen molar-refractivity contribution in [2.75, 3.05) is 0 Å². The van der Waals surface area contributed by atoms with Crippen molar-refractivity contribution in [1.29, 1.82) is 0 Å². The topological polar surface area (TPSA) is 65.1 Å². The number of imidazole rings is 1. The molecule has 2 heterocycles. The molecule has 3 rings (SSSR count). The van der Waals surface area contributed by atoms with Crippen LogP contribution < -0.4 is 5.63 Å². The number of hydrogen-bond acceptors (Lipinski definition) is 4. The number of carbonyl (C=O) groups excluding carboxylic acids is 1. The maximum Gasteiger partial charge on any atom is 0.349 e. The Hall–Kier alpha value is -2.21. The van der Waals surface area contributed by atoms with Crippen molar-refractivity contribution in [3.05, 3.63) is 63.4 Å². The monoisotopic (exact) mass is 318 g/mol. The SMILES string of the molecule is O=C(c1cc2cc(Br)ccc2oc1=O)n1ccnc1. The summed E-state index contributed by atoms with van der Waals surface area (Å²) in [6.07, 6.45) is 4.29. The van der Waals surface area contributed by atoms with Crippen LogP contribution in [0.2, 0.25) is 0 Å². The second kappa shape index (κ2) is 4.47. The van der Waals surface area contributed by atoms with E-state index >= 15 is 0 Å². The summed E-state index contributed by atoms with van der Waals surface area (Å²) in [5, 5.41) is 0.678. The summed E-state index contributed by atoms with van der Waals surface area (Å²) >= 11 is 3.33. The molecule has 0 aliphatic heterocycles. The molecule has 19 heavy (non-hydrogen) atoms. The number of aromatic nitrogens is 2. The summed E-state index contributed by atoms with van der Waals surface area (Å²) in [5.41, 5.74) is -0.243. The summed E-state index contributed by atoms with van der Waals surface area (Å²) in [6.45, 7) is 0. The molecule has 0 unspecified atom stereocenters. The maximum atomic E-state index is 12.1. The zero-order valence-electron chi connectivity index (χ0n) is 9.54. The molecule has 5 nitrogen and oxygen atoms in total. The third-order valence-corrected chi connectivity index (χ3v) is 3.16. The molecule has 1 aromatic carbocycles. The first-order valence-electron chi connectivity index (χ1n) is 5.41. The van der Waals surface area contributed by atoms with Gasteiger partial charge in [0.25, 0.3) is 5.91 Å². The molecule has 6 heteroatoms. The number of carbonyl (C=O) groups is 1. The number of nitrogens with zero attached hydrogens (tertiary/aromatic N) is 2. The lowest BCUT2D eigenvalue weighted by atomic mass is 10.2. The van der Waals surface area contributed by atoms with Gasteiger partial charge in [-0.25, -0.2) is 9.78 Å². The van der Waals surface area contributed by atoms with Crippen LogP contribution in [0.5, 0.6) is 0 Å². The Morgan fingerprint density at radius 3 is 2.89 bits per heavy atom. The Kier molecular flexibility index (Phi) is 2.79. The van der Waals surface area contributed by atoms with Gasteiger partial charge < -0.3 is 4.42 Å². The van der Waals surface area contributed by atoms with E-state index in [1.807, 2.05) is 0 Å². The Morgan fingerprint density at radius 1 is 1.32 bits per heavy atom. The summed E-state index contributed by atoms with van der Waals surface area (Å²) in [6, 6.07) is 6.74. The minimum absolute atomic E-state index is 0.0244. The molecule has 0 saturated carbocycles. The van der Waals surface area contributed by atoms with Gasteiger partial charge in [0.05, 0.1) is 0 Å². The summed E-state index contributed by atoms with van der Waals surface area (Å²) in [5.74, 6) is -0.465. The minimum atomic E-state index is -0.659. The van der Waals surface area contributed by atoms with E-state index in [0.717, 1.165) is 4.47 Å². The average Bonchev–Trinajstić information content (AvgIpc) is 2.91. The van der Waals surface area contributed by atoms with Crippen LogP contribution in [-0.2, 0) is 0 Å². The van der Waals surface area contributed by atoms with E-state index in [-0.39, 0.29) is 5.56 Å². The molecule has 0 N–H and O–H groups in total. The zero-order chi connectivity index (χ0) is 13.4. The first-order chi connectivity index (χ1) is 9.15. The predicted octanol–water partition coefficient (Wildman–Crippen LogP) is 2.44. The first kappa shape index (κ1) is 11.9. The molecule has 0 saturated heterocycles. The molecular formula is C13H7BrN2O3. The van der Waals surface area contributed by atoms with E-state index in [0.29, 0.717) is 11.0 Å². The van der Waals surface area contributed by atoms with Crippen LogP contribution in [0.1, 0.15) is 10.4 Å². The van der Waals surface area contributed by atoms with Crippen LogP contribution in [0, 0.1) is 0 Å². The van der Waals surface area contributed by atoms with Crippen molar-refractivity contribution in [1.82, 2.24) is 9.55 Å². The predicted molar refractivity (Wildman–Crippen MR) is 72.1 cm³/mol. The molecule has 0 aliphatic rings. The minimum Gasteiger partial charge on any atom is -0.422 e. The zero-order valence-corrected chi connectivity index (χ0v) is 11.1. The highest BCUT2D eigenvalue weighted by Crippen LogP contribution is 2.19. The van der Waals surface area contributed by atoms with Gasteiger partial charge in [-0.1, -0.05) is 15.9 Å². The number of halogens is 1. The van der Waals surface area contributed by atoms with Crippen LogP contribution in [-0.4, -0.2) is 15.5 Å². The maximum absolute atomic E-state index is 12.1. The van der Waals surface area contributed by atoms with Crippen LogP contribution >= 0.6 is 15.9 Å². The molecular weight excluding hydrogens is 312 g/mol. The van der Waals surface area contributed by atoms with Gasteiger partial charge in [-0.05, 0) is 24.3 Å². The third kappa shape index (κ3) is 2.10. The molecule has 0 atom stereocenters. The summed E-state index contributed by atoms with van der Waals surface area (Å²) in [7, 11) is 0. The molecule has 3 aromatic rings. The molecule has 0 aliphatic carbocycles. The average molecular weight is 319 g/mol. The molecule has 94 valence electrons. The molecule has 0 bridgehead atoms. The van der Waals surface area contributed by atoms with Crippen LogP contribution in [0.4, 0.5) is 0 Å². The van der Waals surface area contributed by atoms with Gasteiger partial charge >= 0.3 is 5.63 Å². The fourth-order valence-corrected chi connectivity index (χ4v) is 2.14. The van der Waals surface area contributed by atoms with Crippen molar-refractivity contribution in [3.8, 4) is 0 Å². The van der Waals surface area contributed by atoms with Crippen molar-refractivity contribution in [3.63, 3.8) is 0 Å². The smallest absolute Gasteiger partial charge is 0.349 e. The van der Waals surface area contributed by atoms with Crippen LogP contribution in [0.15, 0.2) is 56.7 Å². The first-order valence-corrected chi connectivity index (χ1v) is 6.20. The fraction of sp³-hybridized carbons (Fsp3) is 0. The summed E-state index contributed by atoms with van der Waals surface area (Å²) < 4.78 is 7.21. The highest BCUT2D eigenvalue weighted by molar-refractivity contribution is 9.10. The van der Waals surface area contributed by atoms with Crippen molar-refractivity contribution < 1.29 is 9.21 Å². The van der Waals surface area contributed by atoms with E-state index in [2.05, 4.69) is 20.9 Å². The number of benzene rings is 1. The Labute approximate surface area is 115 Å². The Bertz CT molecular complexity index is 822. The van der Waals surface area contributed by atoms with E-state index in [1.54, 1.807) is 18.2 Å². The summed E-state index contributed by atoms with van der Waals surface area (Å²) in [4.78, 5) is 27.7. The quantitative estimate of drug-likeness (QED) is 0.646. The van der Waals surface area contributed by atoms with Gasteiger partial charge in [-0.3, -0.25) is 9.36 Å². The van der Waals surface area contributed by atoms with Gasteiger partial charge in [0.15, 0.2) is 0 Å². The number of fused-ring (bicyclic) bond motifs is 1. The fourth-order valence-electron chi connectivity index (χ4n) is 1.76. The lowest BCUT2D eigenvalue weighted by Crippen LogP contribution is -2.19. The number of rotatable bonds is 1. The van der Waals surface area contributed by atoms with Gasteiger partial charge in [-0.2, -0.15) is 0 Å². The lowest BCUT2D eigenvalue weighted by molar-refractivity contribution is 0.0956. The molecule has 0 spiro atoms. The highest BCUT2D eigenvalue weighted by atomic mass is 79.9.